The number of nitrogens with zero attached hydrogens (tertiary/aromatic N) is 2. The Morgan fingerprint density at radius 2 is 2.40 bits per heavy atom. The van der Waals surface area contributed by atoms with E-state index in [1.165, 1.54) is 6.42 Å². The summed E-state index contributed by atoms with van der Waals surface area (Å²) in [4.78, 5) is 8.60. The lowest BCUT2D eigenvalue weighted by atomic mass is 9.78. The summed E-state index contributed by atoms with van der Waals surface area (Å²) in [5, 5.41) is 4.33. The lowest BCUT2D eigenvalue weighted by Gasteiger charge is -2.40. The van der Waals surface area contributed by atoms with Gasteiger partial charge in [-0.25, -0.2) is 9.97 Å². The molecule has 0 aromatic carbocycles. The lowest BCUT2D eigenvalue weighted by molar-refractivity contribution is 0.309. The maximum atomic E-state index is 5.96. The highest BCUT2D eigenvalue weighted by Gasteiger charge is 2.36. The van der Waals surface area contributed by atoms with Crippen LogP contribution in [0, 0.1) is 0 Å². The molecular formula is C10H14ClN3S. The zero-order valence-electron chi connectivity index (χ0n) is 8.66. The van der Waals surface area contributed by atoms with Gasteiger partial charge in [0.05, 0.1) is 5.54 Å². The normalized spacial score (nSPS) is 18.3. The van der Waals surface area contributed by atoms with Crippen molar-refractivity contribution in [2.24, 2.45) is 0 Å². The zero-order valence-corrected chi connectivity index (χ0v) is 10.2. The number of nitrogens with one attached hydrogen (secondary N) is 1. The third kappa shape index (κ3) is 2.37. The fraction of sp³-hybridized carbons (Fsp3) is 0.600. The van der Waals surface area contributed by atoms with Crippen molar-refractivity contribution in [3.63, 3.8) is 0 Å². The van der Waals surface area contributed by atoms with Crippen molar-refractivity contribution in [2.45, 2.75) is 29.8 Å². The van der Waals surface area contributed by atoms with Crippen molar-refractivity contribution in [3.8, 4) is 0 Å². The Hall–Kier alpha value is -0.480. The molecule has 0 atom stereocenters. The third-order valence-electron chi connectivity index (χ3n) is 2.78. The number of aromatic nitrogens is 2. The Kier molecular flexibility index (Phi) is 3.36. The number of halogens is 1. The van der Waals surface area contributed by atoms with Gasteiger partial charge in [-0.1, -0.05) is 0 Å². The molecule has 15 heavy (non-hydrogen) atoms. The monoisotopic (exact) mass is 243 g/mol. The minimum atomic E-state index is 0.0403. The SMILES string of the molecule is CSc1ccnc(NC2(CCl)CCC2)n1. The average Bonchev–Trinajstić information content (AvgIpc) is 2.24. The molecule has 0 saturated heterocycles. The molecule has 3 nitrogen and oxygen atoms in total. The summed E-state index contributed by atoms with van der Waals surface area (Å²) in [6.07, 6.45) is 7.25. The van der Waals surface area contributed by atoms with E-state index in [0.29, 0.717) is 11.8 Å². The van der Waals surface area contributed by atoms with E-state index in [4.69, 9.17) is 11.6 Å². The second kappa shape index (κ2) is 4.58. The van der Waals surface area contributed by atoms with E-state index < -0.39 is 0 Å². The van der Waals surface area contributed by atoms with Gasteiger partial charge in [-0.15, -0.1) is 23.4 Å². The van der Waals surface area contributed by atoms with Gasteiger partial charge in [0.25, 0.3) is 0 Å². The summed E-state index contributed by atoms with van der Waals surface area (Å²) >= 11 is 7.58. The van der Waals surface area contributed by atoms with E-state index in [2.05, 4.69) is 15.3 Å². The molecule has 1 aliphatic carbocycles. The van der Waals surface area contributed by atoms with Crippen molar-refractivity contribution < 1.29 is 0 Å². The minimum Gasteiger partial charge on any atom is -0.348 e. The maximum absolute atomic E-state index is 5.96. The van der Waals surface area contributed by atoms with Gasteiger partial charge in [0.2, 0.25) is 5.95 Å². The Bertz CT molecular complexity index is 336. The van der Waals surface area contributed by atoms with Crippen LogP contribution in [0.15, 0.2) is 17.3 Å². The summed E-state index contributed by atoms with van der Waals surface area (Å²) in [6.45, 7) is 0. The number of alkyl halides is 1. The molecule has 0 unspecified atom stereocenters. The first-order valence-electron chi connectivity index (χ1n) is 4.99. The van der Waals surface area contributed by atoms with Crippen LogP contribution in [0.1, 0.15) is 19.3 Å². The average molecular weight is 244 g/mol. The Morgan fingerprint density at radius 3 is 2.93 bits per heavy atom. The Balaban J connectivity index is 2.09. The van der Waals surface area contributed by atoms with E-state index in [9.17, 15) is 0 Å². The molecule has 0 amide bonds. The Morgan fingerprint density at radius 1 is 1.60 bits per heavy atom. The van der Waals surface area contributed by atoms with Crippen LogP contribution in [0.25, 0.3) is 0 Å². The van der Waals surface area contributed by atoms with E-state index in [0.717, 1.165) is 17.9 Å². The van der Waals surface area contributed by atoms with Crippen molar-refractivity contribution in [1.29, 1.82) is 0 Å². The second-order valence-electron chi connectivity index (χ2n) is 3.82. The summed E-state index contributed by atoms with van der Waals surface area (Å²) in [7, 11) is 0. The number of hydrogen-bond acceptors (Lipinski definition) is 4. The quantitative estimate of drug-likeness (QED) is 0.501. The van der Waals surface area contributed by atoms with Crippen LogP contribution in [0.5, 0.6) is 0 Å². The first-order chi connectivity index (χ1) is 7.28. The second-order valence-corrected chi connectivity index (χ2v) is 4.91. The van der Waals surface area contributed by atoms with E-state index in [1.807, 2.05) is 12.3 Å². The summed E-state index contributed by atoms with van der Waals surface area (Å²) < 4.78 is 0. The van der Waals surface area contributed by atoms with E-state index in [1.54, 1.807) is 18.0 Å². The van der Waals surface area contributed by atoms with Gasteiger partial charge in [0.15, 0.2) is 0 Å². The summed E-state index contributed by atoms with van der Waals surface area (Å²) in [5.41, 5.74) is 0.0403. The van der Waals surface area contributed by atoms with Crippen molar-refractivity contribution in [3.05, 3.63) is 12.3 Å². The van der Waals surface area contributed by atoms with Gasteiger partial charge in [-0.05, 0) is 31.6 Å². The molecule has 0 radical (unpaired) electrons. The van der Waals surface area contributed by atoms with Crippen LogP contribution in [-0.2, 0) is 0 Å². The summed E-state index contributed by atoms with van der Waals surface area (Å²) in [5.74, 6) is 1.32. The molecule has 1 aromatic rings. The van der Waals surface area contributed by atoms with E-state index >= 15 is 0 Å². The van der Waals surface area contributed by atoms with Crippen LogP contribution in [0.4, 0.5) is 5.95 Å². The first kappa shape index (κ1) is 11.0. The van der Waals surface area contributed by atoms with Crippen LogP contribution in [0.3, 0.4) is 0 Å². The molecule has 2 rings (SSSR count). The van der Waals surface area contributed by atoms with Gasteiger partial charge in [-0.2, -0.15) is 0 Å². The Labute approximate surface area is 99.0 Å². The largest absolute Gasteiger partial charge is 0.348 e. The molecule has 0 aliphatic heterocycles. The van der Waals surface area contributed by atoms with Crippen molar-refractivity contribution in [1.82, 2.24) is 9.97 Å². The molecular weight excluding hydrogens is 230 g/mol. The summed E-state index contributed by atoms with van der Waals surface area (Å²) in [6, 6.07) is 1.91. The molecule has 1 fully saturated rings. The van der Waals surface area contributed by atoms with Crippen molar-refractivity contribution in [2.75, 3.05) is 17.5 Å². The van der Waals surface area contributed by atoms with Gasteiger partial charge in [-0.3, -0.25) is 0 Å². The van der Waals surface area contributed by atoms with Gasteiger partial charge < -0.3 is 5.32 Å². The predicted octanol–water partition coefficient (Wildman–Crippen LogP) is 2.77. The van der Waals surface area contributed by atoms with Crippen LogP contribution in [-0.4, -0.2) is 27.6 Å². The first-order valence-corrected chi connectivity index (χ1v) is 6.75. The molecule has 0 spiro atoms. The molecule has 5 heteroatoms. The van der Waals surface area contributed by atoms with Gasteiger partial charge >= 0.3 is 0 Å². The smallest absolute Gasteiger partial charge is 0.224 e. The lowest BCUT2D eigenvalue weighted by Crippen LogP contribution is -2.47. The number of thioether (sulfide) groups is 1. The molecule has 0 bridgehead atoms. The van der Waals surface area contributed by atoms with Crippen molar-refractivity contribution >= 4 is 29.3 Å². The number of hydrogen-bond donors (Lipinski definition) is 1. The third-order valence-corrected chi connectivity index (χ3v) is 3.94. The fourth-order valence-electron chi connectivity index (χ4n) is 1.65. The molecule has 1 N–H and O–H groups in total. The number of rotatable bonds is 4. The van der Waals surface area contributed by atoms with Crippen LogP contribution in [0.2, 0.25) is 0 Å². The maximum Gasteiger partial charge on any atom is 0.224 e. The van der Waals surface area contributed by atoms with Crippen LogP contribution >= 0.6 is 23.4 Å². The van der Waals surface area contributed by atoms with Crippen LogP contribution < -0.4 is 5.32 Å². The molecule has 1 saturated carbocycles. The van der Waals surface area contributed by atoms with Gasteiger partial charge in [0.1, 0.15) is 5.03 Å². The van der Waals surface area contributed by atoms with E-state index in [-0.39, 0.29) is 5.54 Å². The standard InChI is InChI=1S/C10H14ClN3S/c1-15-8-3-6-12-9(13-8)14-10(7-11)4-2-5-10/h3,6H,2,4-5,7H2,1H3,(H,12,13,14). The molecule has 1 aliphatic rings. The topological polar surface area (TPSA) is 37.8 Å². The predicted molar refractivity (Wildman–Crippen MR) is 64.7 cm³/mol. The zero-order chi connectivity index (χ0) is 10.7. The highest BCUT2D eigenvalue weighted by Crippen LogP contribution is 2.35. The molecule has 1 heterocycles. The van der Waals surface area contributed by atoms with Gasteiger partial charge in [0, 0.05) is 12.1 Å². The highest BCUT2D eigenvalue weighted by molar-refractivity contribution is 7.98. The highest BCUT2D eigenvalue weighted by atomic mass is 35.5. The fourth-order valence-corrected chi connectivity index (χ4v) is 2.36. The molecule has 82 valence electrons. The molecule has 1 aromatic heterocycles. The number of anilines is 1. The minimum absolute atomic E-state index is 0.0403.